The summed E-state index contributed by atoms with van der Waals surface area (Å²) < 4.78 is 14.3. The Labute approximate surface area is 46.0 Å². The fourth-order valence-corrected chi connectivity index (χ4v) is 0.714. The van der Waals surface area contributed by atoms with Crippen LogP contribution in [0.3, 0.4) is 0 Å². The van der Waals surface area contributed by atoms with Crippen LogP contribution in [0.5, 0.6) is 0 Å². The lowest BCUT2D eigenvalue weighted by Gasteiger charge is -2.31. The second-order valence-electron chi connectivity index (χ2n) is 1.80. The molecule has 0 saturated carbocycles. The van der Waals surface area contributed by atoms with Crippen LogP contribution in [0.25, 0.3) is 0 Å². The smallest absolute Gasteiger partial charge is 0.364 e. The maximum Gasteiger partial charge on any atom is 0.647 e. The minimum absolute atomic E-state index is 0.616. The van der Waals surface area contributed by atoms with Gasteiger partial charge in [0.05, 0.1) is 0 Å². The molecule has 2 bridgehead atoms. The van der Waals surface area contributed by atoms with Gasteiger partial charge in [-0.2, -0.15) is 0 Å². The van der Waals surface area contributed by atoms with E-state index in [0.717, 1.165) is 0 Å². The van der Waals surface area contributed by atoms with Crippen molar-refractivity contribution in [1.29, 1.82) is 0 Å². The first-order valence-corrected chi connectivity index (χ1v) is 2.26. The molecule has 0 radical (unpaired) electrons. The van der Waals surface area contributed by atoms with Gasteiger partial charge < -0.3 is 19.7 Å². The molecular formula is C2H5BN2O3. The van der Waals surface area contributed by atoms with E-state index in [0.29, 0.717) is 0 Å². The molecule has 44 valence electrons. The van der Waals surface area contributed by atoms with Gasteiger partial charge in [-0.3, -0.25) is 5.73 Å². The van der Waals surface area contributed by atoms with Gasteiger partial charge in [0.25, 0.3) is 0 Å². The van der Waals surface area contributed by atoms with Crippen molar-refractivity contribution in [1.82, 2.24) is 0 Å². The van der Waals surface area contributed by atoms with Crippen molar-refractivity contribution in [3.05, 3.63) is 0 Å². The highest BCUT2D eigenvalue weighted by Crippen LogP contribution is 2.33. The fourth-order valence-electron chi connectivity index (χ4n) is 0.714. The van der Waals surface area contributed by atoms with Gasteiger partial charge in [-0.1, -0.05) is 0 Å². The number of fused-ring (bicyclic) bond motifs is 1. The van der Waals surface area contributed by atoms with E-state index in [1.807, 2.05) is 0 Å². The predicted octanol–water partition coefficient (Wildman–Crippen LogP) is -2.05. The Balaban J connectivity index is 2.21. The summed E-state index contributed by atoms with van der Waals surface area (Å²) in [7, 11) is -0.616. The second-order valence-corrected chi connectivity index (χ2v) is 1.80. The highest BCUT2D eigenvalue weighted by molar-refractivity contribution is 6.40. The van der Waals surface area contributed by atoms with Gasteiger partial charge in [0.15, 0.2) is 6.23 Å². The van der Waals surface area contributed by atoms with Crippen molar-refractivity contribution in [3.8, 4) is 0 Å². The first-order chi connectivity index (χ1) is 3.71. The number of nitrogens with two attached hydrogens (primary N) is 2. The molecule has 3 fully saturated rings. The topological polar surface area (TPSA) is 79.7 Å². The van der Waals surface area contributed by atoms with Crippen LogP contribution in [0.4, 0.5) is 0 Å². The third-order valence-electron chi connectivity index (χ3n) is 1.22. The van der Waals surface area contributed by atoms with E-state index < -0.39 is 19.5 Å². The Kier molecular flexibility index (Phi) is 0.630. The third-order valence-corrected chi connectivity index (χ3v) is 1.22. The van der Waals surface area contributed by atoms with Crippen LogP contribution in [-0.2, 0) is 14.0 Å². The summed E-state index contributed by atoms with van der Waals surface area (Å²) in [6.45, 7) is 0. The average molecular weight is 116 g/mol. The molecule has 3 aliphatic rings. The van der Waals surface area contributed by atoms with E-state index in [9.17, 15) is 0 Å². The Morgan fingerprint density at radius 3 is 2.25 bits per heavy atom. The summed E-state index contributed by atoms with van der Waals surface area (Å²) in [6, 6.07) is 0. The zero-order valence-electron chi connectivity index (χ0n) is 4.03. The van der Waals surface area contributed by atoms with Crippen molar-refractivity contribution < 1.29 is 14.0 Å². The zero-order valence-corrected chi connectivity index (χ0v) is 4.03. The number of rotatable bonds is 0. The summed E-state index contributed by atoms with van der Waals surface area (Å²) in [5.41, 5.74) is 10.5. The molecule has 1 atom stereocenters. The van der Waals surface area contributed by atoms with Crippen LogP contribution in [0.15, 0.2) is 0 Å². The van der Waals surface area contributed by atoms with Crippen molar-refractivity contribution in [2.24, 2.45) is 11.5 Å². The molecule has 6 heteroatoms. The minimum Gasteiger partial charge on any atom is -0.364 e. The summed E-state index contributed by atoms with van der Waals surface area (Å²) >= 11 is 0. The van der Waals surface area contributed by atoms with E-state index in [1.165, 1.54) is 0 Å². The van der Waals surface area contributed by atoms with Crippen LogP contribution in [0.2, 0.25) is 0 Å². The largest absolute Gasteiger partial charge is 0.647 e. The minimum atomic E-state index is -1.15. The van der Waals surface area contributed by atoms with Crippen LogP contribution >= 0.6 is 0 Å². The molecule has 3 aliphatic heterocycles. The van der Waals surface area contributed by atoms with Crippen molar-refractivity contribution in [3.63, 3.8) is 0 Å². The van der Waals surface area contributed by atoms with Gasteiger partial charge in [0.1, 0.15) is 0 Å². The lowest BCUT2D eigenvalue weighted by atomic mass is 10.2. The van der Waals surface area contributed by atoms with Crippen LogP contribution in [-0.4, -0.2) is 19.5 Å². The highest BCUT2D eigenvalue weighted by Gasteiger charge is 2.63. The molecular weight excluding hydrogens is 111 g/mol. The second kappa shape index (κ2) is 1.07. The van der Waals surface area contributed by atoms with Crippen molar-refractivity contribution in [2.75, 3.05) is 0 Å². The normalized spacial score (nSPS) is 51.8. The van der Waals surface area contributed by atoms with Crippen molar-refractivity contribution >= 4 is 7.32 Å². The molecule has 3 heterocycles. The SMILES string of the molecule is NC1OB2OC1(N)O2. The van der Waals surface area contributed by atoms with E-state index in [-0.39, 0.29) is 0 Å². The lowest BCUT2D eigenvalue weighted by Crippen LogP contribution is -2.61. The standard InChI is InChI=1S/C2H5BN2O3/c4-1-2(5)7-3(6-1)8-2/h1H,4-5H2. The number of hydrogen-bond acceptors (Lipinski definition) is 5. The van der Waals surface area contributed by atoms with Crippen molar-refractivity contribution in [2.45, 2.75) is 12.1 Å². The van der Waals surface area contributed by atoms with Gasteiger partial charge in [0, 0.05) is 0 Å². The van der Waals surface area contributed by atoms with Gasteiger partial charge in [-0.05, 0) is 0 Å². The Bertz CT molecular complexity index is 122. The maximum atomic E-state index is 5.29. The quantitative estimate of drug-likeness (QED) is 0.356. The van der Waals surface area contributed by atoms with E-state index in [2.05, 4.69) is 0 Å². The fraction of sp³-hybridized carbons (Fsp3) is 1.00. The molecule has 0 aromatic carbocycles. The van der Waals surface area contributed by atoms with Crippen LogP contribution < -0.4 is 11.5 Å². The van der Waals surface area contributed by atoms with E-state index >= 15 is 0 Å². The molecule has 0 aromatic heterocycles. The molecule has 0 amide bonds. The molecule has 4 N–H and O–H groups in total. The third kappa shape index (κ3) is 0.352. The maximum absolute atomic E-state index is 5.29. The van der Waals surface area contributed by atoms with Crippen LogP contribution in [0.1, 0.15) is 0 Å². The molecule has 1 unspecified atom stereocenters. The lowest BCUT2D eigenvalue weighted by molar-refractivity contribution is -0.193. The predicted molar refractivity (Wildman–Crippen MR) is 23.9 cm³/mol. The molecule has 3 rings (SSSR count). The molecule has 0 aliphatic carbocycles. The molecule has 3 saturated heterocycles. The number of hydrogen-bond donors (Lipinski definition) is 2. The zero-order chi connectivity index (χ0) is 5.78. The average Bonchev–Trinajstić information content (AvgIpc) is 1.90. The molecule has 0 spiro atoms. The highest BCUT2D eigenvalue weighted by atomic mass is 16.9. The summed E-state index contributed by atoms with van der Waals surface area (Å²) in [6.07, 6.45) is -0.632. The summed E-state index contributed by atoms with van der Waals surface area (Å²) in [4.78, 5) is 0. The monoisotopic (exact) mass is 116 g/mol. The van der Waals surface area contributed by atoms with Gasteiger partial charge in [-0.25, -0.2) is 0 Å². The van der Waals surface area contributed by atoms with E-state index in [4.69, 9.17) is 25.4 Å². The van der Waals surface area contributed by atoms with Gasteiger partial charge in [-0.15, -0.1) is 0 Å². The van der Waals surface area contributed by atoms with Gasteiger partial charge >= 0.3 is 7.32 Å². The first kappa shape index (κ1) is 4.72. The first-order valence-electron chi connectivity index (χ1n) is 2.26. The molecule has 5 nitrogen and oxygen atoms in total. The Morgan fingerprint density at radius 1 is 1.50 bits per heavy atom. The van der Waals surface area contributed by atoms with E-state index in [1.54, 1.807) is 0 Å². The Hall–Kier alpha value is -0.135. The molecule has 8 heavy (non-hydrogen) atoms. The summed E-state index contributed by atoms with van der Waals surface area (Å²) in [5.74, 6) is -1.15. The van der Waals surface area contributed by atoms with Gasteiger partial charge in [0.2, 0.25) is 5.91 Å². The summed E-state index contributed by atoms with van der Waals surface area (Å²) in [5, 5.41) is 0. The van der Waals surface area contributed by atoms with Crippen LogP contribution in [0, 0.1) is 0 Å². The Morgan fingerprint density at radius 2 is 2.12 bits per heavy atom. The molecule has 0 aromatic rings.